The van der Waals surface area contributed by atoms with Crippen LogP contribution in [-0.2, 0) is 21.4 Å². The molecule has 0 aromatic carbocycles. The summed E-state index contributed by atoms with van der Waals surface area (Å²) in [5, 5.41) is 0. The molecule has 0 aliphatic carbocycles. The predicted molar refractivity (Wildman–Crippen MR) is 70.6 cm³/mol. The van der Waals surface area contributed by atoms with Gasteiger partial charge >= 0.3 is 0 Å². The summed E-state index contributed by atoms with van der Waals surface area (Å²) in [6.45, 7) is 1.49. The molecule has 0 saturated carbocycles. The number of carbonyl (C=O) groups is 1. The molecule has 1 rings (SSSR count). The van der Waals surface area contributed by atoms with Crippen LogP contribution in [0.1, 0.15) is 12.6 Å². The van der Waals surface area contributed by atoms with E-state index in [1.807, 2.05) is 0 Å². The first-order chi connectivity index (χ1) is 8.79. The van der Waals surface area contributed by atoms with E-state index >= 15 is 0 Å². The molecule has 19 heavy (non-hydrogen) atoms. The number of carbonyl (C=O) groups excluding carboxylic acids is 1. The summed E-state index contributed by atoms with van der Waals surface area (Å²) >= 11 is 0. The van der Waals surface area contributed by atoms with Gasteiger partial charge in [-0.25, -0.2) is 8.42 Å². The quantitative estimate of drug-likeness (QED) is 0.744. The minimum atomic E-state index is -3.82. The van der Waals surface area contributed by atoms with E-state index < -0.39 is 16.1 Å². The maximum absolute atomic E-state index is 12.2. The molecule has 1 aromatic heterocycles. The SMILES string of the molecule is CC(NS(=O)(=O)c1cccnc1CN)C(=O)N(C)C. The Labute approximate surface area is 112 Å². The molecule has 1 heterocycles. The van der Waals surface area contributed by atoms with E-state index in [-0.39, 0.29) is 23.0 Å². The van der Waals surface area contributed by atoms with Gasteiger partial charge in [-0.15, -0.1) is 0 Å². The first-order valence-corrected chi connectivity index (χ1v) is 7.15. The van der Waals surface area contributed by atoms with Gasteiger partial charge in [0.2, 0.25) is 15.9 Å². The second-order valence-corrected chi connectivity index (χ2v) is 5.91. The summed E-state index contributed by atoms with van der Waals surface area (Å²) < 4.78 is 26.7. The number of likely N-dealkylation sites (N-methyl/N-ethyl adjacent to an activating group) is 1. The fraction of sp³-hybridized carbons (Fsp3) is 0.455. The van der Waals surface area contributed by atoms with E-state index in [4.69, 9.17) is 5.73 Å². The minimum Gasteiger partial charge on any atom is -0.347 e. The third kappa shape index (κ3) is 3.72. The zero-order chi connectivity index (χ0) is 14.6. The zero-order valence-corrected chi connectivity index (χ0v) is 11.9. The van der Waals surface area contributed by atoms with Gasteiger partial charge in [-0.2, -0.15) is 4.72 Å². The van der Waals surface area contributed by atoms with E-state index in [1.165, 1.54) is 30.2 Å². The van der Waals surface area contributed by atoms with E-state index in [2.05, 4.69) is 9.71 Å². The van der Waals surface area contributed by atoms with Crippen LogP contribution in [0.15, 0.2) is 23.2 Å². The van der Waals surface area contributed by atoms with Gasteiger partial charge in [-0.05, 0) is 19.1 Å². The maximum atomic E-state index is 12.2. The standard InChI is InChI=1S/C11H18N4O3S/c1-8(11(16)15(2)3)14-19(17,18)10-5-4-6-13-9(10)7-12/h4-6,8,14H,7,12H2,1-3H3. The Bertz CT molecular complexity index is 557. The van der Waals surface area contributed by atoms with Crippen LogP contribution in [0.4, 0.5) is 0 Å². The highest BCUT2D eigenvalue weighted by atomic mass is 32.2. The Hall–Kier alpha value is -1.51. The van der Waals surface area contributed by atoms with E-state index in [1.54, 1.807) is 14.1 Å². The van der Waals surface area contributed by atoms with Crippen molar-refractivity contribution in [2.75, 3.05) is 14.1 Å². The van der Waals surface area contributed by atoms with Gasteiger partial charge in [-0.3, -0.25) is 9.78 Å². The van der Waals surface area contributed by atoms with Crippen LogP contribution in [0.25, 0.3) is 0 Å². The lowest BCUT2D eigenvalue weighted by molar-refractivity contribution is -0.130. The van der Waals surface area contributed by atoms with Crippen LogP contribution in [0.5, 0.6) is 0 Å². The van der Waals surface area contributed by atoms with Crippen LogP contribution in [0, 0.1) is 0 Å². The molecule has 0 fully saturated rings. The molecule has 0 bridgehead atoms. The number of nitrogens with one attached hydrogen (secondary N) is 1. The Morgan fingerprint density at radius 3 is 2.68 bits per heavy atom. The Balaban J connectivity index is 3.02. The molecule has 0 saturated heterocycles. The first kappa shape index (κ1) is 15.5. The average Bonchev–Trinajstić information content (AvgIpc) is 2.37. The summed E-state index contributed by atoms with van der Waals surface area (Å²) in [6.07, 6.45) is 1.47. The van der Waals surface area contributed by atoms with E-state index in [9.17, 15) is 13.2 Å². The molecular formula is C11H18N4O3S. The first-order valence-electron chi connectivity index (χ1n) is 5.67. The van der Waals surface area contributed by atoms with Gasteiger partial charge in [0.1, 0.15) is 4.90 Å². The predicted octanol–water partition coefficient (Wildman–Crippen LogP) is -0.705. The average molecular weight is 286 g/mol. The molecule has 0 aliphatic heterocycles. The van der Waals surface area contributed by atoms with Crippen molar-refractivity contribution in [2.45, 2.75) is 24.4 Å². The summed E-state index contributed by atoms with van der Waals surface area (Å²) in [6, 6.07) is 2.06. The van der Waals surface area contributed by atoms with Crippen molar-refractivity contribution in [3.8, 4) is 0 Å². The number of amides is 1. The lowest BCUT2D eigenvalue weighted by atomic mass is 10.3. The van der Waals surface area contributed by atoms with Gasteiger partial charge in [-0.1, -0.05) is 0 Å². The lowest BCUT2D eigenvalue weighted by Crippen LogP contribution is -2.44. The van der Waals surface area contributed by atoms with Crippen molar-refractivity contribution in [3.05, 3.63) is 24.0 Å². The number of nitrogens with two attached hydrogens (primary N) is 1. The molecule has 1 aromatic rings. The zero-order valence-electron chi connectivity index (χ0n) is 11.1. The second kappa shape index (κ2) is 6.09. The van der Waals surface area contributed by atoms with Gasteiger partial charge in [0.05, 0.1) is 11.7 Å². The van der Waals surface area contributed by atoms with Crippen LogP contribution < -0.4 is 10.5 Å². The van der Waals surface area contributed by atoms with Crippen molar-refractivity contribution in [1.82, 2.24) is 14.6 Å². The summed E-state index contributed by atoms with van der Waals surface area (Å²) in [4.78, 5) is 16.9. The van der Waals surface area contributed by atoms with Gasteiger partial charge in [0, 0.05) is 26.8 Å². The second-order valence-electron chi connectivity index (χ2n) is 4.23. The largest absolute Gasteiger partial charge is 0.347 e. The highest BCUT2D eigenvalue weighted by Crippen LogP contribution is 2.12. The van der Waals surface area contributed by atoms with Crippen LogP contribution >= 0.6 is 0 Å². The molecule has 0 spiro atoms. The smallest absolute Gasteiger partial charge is 0.243 e. The Morgan fingerprint density at radius 2 is 2.16 bits per heavy atom. The van der Waals surface area contributed by atoms with Crippen LogP contribution in [0.2, 0.25) is 0 Å². The van der Waals surface area contributed by atoms with Gasteiger partial charge in [0.25, 0.3) is 0 Å². The maximum Gasteiger partial charge on any atom is 0.243 e. The summed E-state index contributed by atoms with van der Waals surface area (Å²) in [5.41, 5.74) is 5.72. The highest BCUT2D eigenvalue weighted by molar-refractivity contribution is 7.89. The van der Waals surface area contributed by atoms with E-state index in [0.29, 0.717) is 0 Å². The van der Waals surface area contributed by atoms with Crippen LogP contribution in [-0.4, -0.2) is 44.3 Å². The Kier molecular flexibility index (Phi) is 4.98. The molecule has 7 nitrogen and oxygen atoms in total. The molecule has 3 N–H and O–H groups in total. The molecule has 1 atom stereocenters. The number of hydrogen-bond acceptors (Lipinski definition) is 5. The normalized spacial score (nSPS) is 13.1. The number of rotatable bonds is 5. The minimum absolute atomic E-state index is 0.00379. The van der Waals surface area contributed by atoms with Crippen molar-refractivity contribution in [1.29, 1.82) is 0 Å². The highest BCUT2D eigenvalue weighted by Gasteiger charge is 2.25. The van der Waals surface area contributed by atoms with E-state index in [0.717, 1.165) is 0 Å². The summed E-state index contributed by atoms with van der Waals surface area (Å²) in [7, 11) is -0.705. The molecule has 1 amide bonds. The number of nitrogens with zero attached hydrogens (tertiary/aromatic N) is 2. The van der Waals surface area contributed by atoms with Crippen LogP contribution in [0.3, 0.4) is 0 Å². The van der Waals surface area contributed by atoms with Gasteiger partial charge in [0.15, 0.2) is 0 Å². The molecule has 0 aliphatic rings. The van der Waals surface area contributed by atoms with Gasteiger partial charge < -0.3 is 10.6 Å². The molecule has 1 unspecified atom stereocenters. The number of aromatic nitrogens is 1. The lowest BCUT2D eigenvalue weighted by Gasteiger charge is -2.18. The third-order valence-corrected chi connectivity index (χ3v) is 4.09. The Morgan fingerprint density at radius 1 is 1.53 bits per heavy atom. The topological polar surface area (TPSA) is 105 Å². The third-order valence-electron chi connectivity index (χ3n) is 2.47. The fourth-order valence-corrected chi connectivity index (χ4v) is 2.95. The number of hydrogen-bond donors (Lipinski definition) is 2. The summed E-state index contributed by atoms with van der Waals surface area (Å²) in [5.74, 6) is -0.332. The molecule has 8 heteroatoms. The molecule has 0 radical (unpaired) electrons. The molecular weight excluding hydrogens is 268 g/mol. The molecule has 106 valence electrons. The number of pyridine rings is 1. The monoisotopic (exact) mass is 286 g/mol. The fourth-order valence-electron chi connectivity index (χ4n) is 1.56. The van der Waals surface area contributed by atoms with Crippen molar-refractivity contribution < 1.29 is 13.2 Å². The van der Waals surface area contributed by atoms with Crippen molar-refractivity contribution in [2.24, 2.45) is 5.73 Å². The van der Waals surface area contributed by atoms with Crippen molar-refractivity contribution >= 4 is 15.9 Å². The number of sulfonamides is 1. The van der Waals surface area contributed by atoms with Crippen molar-refractivity contribution in [3.63, 3.8) is 0 Å².